The monoisotopic (exact) mass is 444 g/mol. The van der Waals surface area contributed by atoms with E-state index in [1.165, 1.54) is 0 Å². The van der Waals surface area contributed by atoms with Crippen LogP contribution in [-0.2, 0) is 26.6 Å². The Kier molecular flexibility index (Phi) is 13.7. The van der Waals surface area contributed by atoms with Gasteiger partial charge in [-0.25, -0.2) is 0 Å². The summed E-state index contributed by atoms with van der Waals surface area (Å²) in [4.78, 5) is 0. The molecule has 0 rings (SSSR count). The van der Waals surface area contributed by atoms with Crippen molar-refractivity contribution in [2.24, 2.45) is 0 Å². The summed E-state index contributed by atoms with van der Waals surface area (Å²) >= 11 is 0. The summed E-state index contributed by atoms with van der Waals surface area (Å²) in [6, 6.07) is 3.61. The highest BCUT2D eigenvalue weighted by atomic mass is 28.4. The van der Waals surface area contributed by atoms with Crippen LogP contribution < -0.4 is 0 Å². The van der Waals surface area contributed by atoms with Crippen LogP contribution in [0.15, 0.2) is 0 Å². The molecule has 0 aliphatic heterocycles. The van der Waals surface area contributed by atoms with Crippen LogP contribution in [0.2, 0.25) is 36.3 Å². The molecule has 6 nitrogen and oxygen atoms in total. The molecule has 0 aromatic rings. The molecule has 0 fully saturated rings. The Hall–Kier alpha value is 0.341. The molecule has 1 unspecified atom stereocenters. The maximum Gasteiger partial charge on any atom is 0.499 e. The maximum absolute atomic E-state index is 12.5. The molecule has 0 aliphatic carbocycles. The average molecular weight is 445 g/mol. The third-order valence-corrected chi connectivity index (χ3v) is 18.0. The van der Waals surface area contributed by atoms with Crippen molar-refractivity contribution >= 4 is 25.7 Å². The highest BCUT2D eigenvalue weighted by Crippen LogP contribution is 2.39. The second-order valence-electron chi connectivity index (χ2n) is 7.33. The van der Waals surface area contributed by atoms with Crippen molar-refractivity contribution in [3.63, 3.8) is 0 Å². The number of unbranched alkanes of at least 4 members (excludes halogenated alkanes) is 1. The summed E-state index contributed by atoms with van der Waals surface area (Å²) in [6.45, 7) is 4.47. The van der Waals surface area contributed by atoms with Crippen LogP contribution in [0, 0.1) is 0 Å². The molecule has 0 heterocycles. The van der Waals surface area contributed by atoms with Crippen LogP contribution in [0.3, 0.4) is 0 Å². The van der Waals surface area contributed by atoms with Gasteiger partial charge in [-0.3, -0.25) is 4.39 Å². The van der Waals surface area contributed by atoms with Gasteiger partial charge in [-0.15, -0.1) is 0 Å². The first-order chi connectivity index (χ1) is 12.8. The molecule has 0 radical (unpaired) electrons. The van der Waals surface area contributed by atoms with E-state index >= 15 is 0 Å². The fraction of sp³-hybridized carbons (Fsp3) is 1.00. The molecule has 1 atom stereocenters. The van der Waals surface area contributed by atoms with Gasteiger partial charge in [0.15, 0.2) is 0 Å². The fourth-order valence-corrected chi connectivity index (χ4v) is 14.9. The molecule has 0 saturated heterocycles. The van der Waals surface area contributed by atoms with Crippen molar-refractivity contribution in [1.29, 1.82) is 0 Å². The second-order valence-corrected chi connectivity index (χ2v) is 18.8. The molecule has 0 bridgehead atoms. The molecular formula is C17H41FO6Si3. The van der Waals surface area contributed by atoms with Gasteiger partial charge >= 0.3 is 17.6 Å². The zero-order valence-electron chi connectivity index (χ0n) is 18.6. The van der Waals surface area contributed by atoms with Gasteiger partial charge in [0.05, 0.1) is 14.7 Å². The van der Waals surface area contributed by atoms with Gasteiger partial charge in [0.2, 0.25) is 0 Å². The minimum absolute atomic E-state index is 0.245. The lowest BCUT2D eigenvalue weighted by atomic mass is 10.2. The predicted molar refractivity (Wildman–Crippen MR) is 114 cm³/mol. The summed E-state index contributed by atoms with van der Waals surface area (Å²) in [5, 5.41) is 0. The standard InChI is InChI=1S/C17H41FO6Si3/c1-17(11-9-10-12-18)25(8,13-15-26(19-2,20-3)21-4)14-16-27(22-5,23-6)24-7/h17H,9-16H2,1-8H3. The van der Waals surface area contributed by atoms with Gasteiger partial charge in [0, 0.05) is 54.7 Å². The van der Waals surface area contributed by atoms with E-state index in [2.05, 4.69) is 13.5 Å². The number of hydrogen-bond acceptors (Lipinski definition) is 6. The lowest BCUT2D eigenvalue weighted by molar-refractivity contribution is 0.125. The fourth-order valence-electron chi connectivity index (χ4n) is 3.50. The molecular weight excluding hydrogens is 403 g/mol. The number of hydrogen-bond donors (Lipinski definition) is 0. The van der Waals surface area contributed by atoms with Gasteiger partial charge in [-0.1, -0.05) is 38.4 Å². The molecule has 0 aliphatic rings. The van der Waals surface area contributed by atoms with E-state index < -0.39 is 25.7 Å². The molecule has 0 aromatic carbocycles. The van der Waals surface area contributed by atoms with Crippen LogP contribution >= 0.6 is 0 Å². The zero-order valence-corrected chi connectivity index (χ0v) is 21.6. The van der Waals surface area contributed by atoms with E-state index in [9.17, 15) is 4.39 Å². The van der Waals surface area contributed by atoms with Crippen LogP contribution in [0.4, 0.5) is 4.39 Å². The van der Waals surface area contributed by atoms with Gasteiger partial charge < -0.3 is 26.6 Å². The minimum atomic E-state index is -2.62. The van der Waals surface area contributed by atoms with Crippen molar-refractivity contribution in [2.75, 3.05) is 49.3 Å². The molecule has 10 heteroatoms. The third kappa shape index (κ3) is 8.31. The lowest BCUT2D eigenvalue weighted by Gasteiger charge is -2.38. The maximum atomic E-state index is 12.5. The summed E-state index contributed by atoms with van der Waals surface area (Å²) < 4.78 is 46.3. The molecule has 0 spiro atoms. The molecule has 0 aromatic heterocycles. The topological polar surface area (TPSA) is 55.4 Å². The van der Waals surface area contributed by atoms with Crippen molar-refractivity contribution in [2.45, 2.75) is 62.5 Å². The normalized spacial score (nSPS) is 14.6. The number of alkyl halides is 1. The zero-order chi connectivity index (χ0) is 21.0. The predicted octanol–water partition coefficient (Wildman–Crippen LogP) is 4.35. The molecule has 164 valence electrons. The van der Waals surface area contributed by atoms with Gasteiger partial charge in [0.25, 0.3) is 0 Å². The Bertz CT molecular complexity index is 343. The Morgan fingerprint density at radius 3 is 1.33 bits per heavy atom. The summed E-state index contributed by atoms with van der Waals surface area (Å²) in [5.74, 6) is 0. The van der Waals surface area contributed by atoms with E-state index in [-0.39, 0.29) is 6.67 Å². The lowest BCUT2D eigenvalue weighted by Crippen LogP contribution is -2.48. The Balaban J connectivity index is 5.29. The highest BCUT2D eigenvalue weighted by Gasteiger charge is 2.46. The molecule has 0 amide bonds. The van der Waals surface area contributed by atoms with E-state index in [1.54, 1.807) is 42.7 Å². The highest BCUT2D eigenvalue weighted by molar-refractivity contribution is 6.82. The van der Waals surface area contributed by atoms with E-state index in [0.717, 1.165) is 37.0 Å². The van der Waals surface area contributed by atoms with Crippen molar-refractivity contribution in [3.8, 4) is 0 Å². The van der Waals surface area contributed by atoms with E-state index in [0.29, 0.717) is 12.0 Å². The number of halogens is 1. The smallest absolute Gasteiger partial charge is 0.377 e. The van der Waals surface area contributed by atoms with Crippen LogP contribution in [0.5, 0.6) is 0 Å². The quantitative estimate of drug-likeness (QED) is 0.245. The second kappa shape index (κ2) is 13.5. The first-order valence-electron chi connectivity index (χ1n) is 9.63. The van der Waals surface area contributed by atoms with Crippen LogP contribution in [0.1, 0.15) is 26.2 Å². The van der Waals surface area contributed by atoms with E-state index in [1.807, 2.05) is 0 Å². The van der Waals surface area contributed by atoms with Gasteiger partial charge in [0.1, 0.15) is 0 Å². The van der Waals surface area contributed by atoms with Crippen molar-refractivity contribution in [3.05, 3.63) is 0 Å². The Morgan fingerprint density at radius 1 is 0.667 bits per heavy atom. The van der Waals surface area contributed by atoms with E-state index in [4.69, 9.17) is 26.6 Å². The van der Waals surface area contributed by atoms with Crippen molar-refractivity contribution in [1.82, 2.24) is 0 Å². The summed E-state index contributed by atoms with van der Waals surface area (Å²) in [6.07, 6.45) is 2.59. The van der Waals surface area contributed by atoms with Gasteiger partial charge in [-0.05, 0) is 12.0 Å². The van der Waals surface area contributed by atoms with Crippen molar-refractivity contribution < 1.29 is 30.9 Å². The van der Waals surface area contributed by atoms with Crippen LogP contribution in [-0.4, -0.2) is 75.0 Å². The Morgan fingerprint density at radius 2 is 1.04 bits per heavy atom. The molecule has 27 heavy (non-hydrogen) atoms. The largest absolute Gasteiger partial charge is 0.499 e. The first-order valence-corrected chi connectivity index (χ1v) is 16.5. The first kappa shape index (κ1) is 27.3. The average Bonchev–Trinajstić information content (AvgIpc) is 2.71. The minimum Gasteiger partial charge on any atom is -0.377 e. The number of rotatable bonds is 17. The summed E-state index contributed by atoms with van der Waals surface area (Å²) in [5.41, 5.74) is 0.540. The SMILES string of the molecule is CO[Si](CC[Si](C)(CC[Si](OC)(OC)OC)C(C)CCCCF)(OC)OC. The van der Waals surface area contributed by atoms with Gasteiger partial charge in [-0.2, -0.15) is 0 Å². The molecule has 0 saturated carbocycles. The third-order valence-electron chi connectivity index (χ3n) is 6.08. The molecule has 0 N–H and O–H groups in total. The summed E-state index contributed by atoms with van der Waals surface area (Å²) in [7, 11) is 2.94. The Labute approximate surface area is 168 Å². The van der Waals surface area contributed by atoms with Crippen LogP contribution in [0.25, 0.3) is 0 Å².